The Hall–Kier alpha value is -2.55. The zero-order valence-electron chi connectivity index (χ0n) is 12.4. The molecule has 0 bridgehead atoms. The van der Waals surface area contributed by atoms with Crippen molar-refractivity contribution in [1.82, 2.24) is 5.43 Å². The van der Waals surface area contributed by atoms with Gasteiger partial charge >= 0.3 is 6.18 Å². The summed E-state index contributed by atoms with van der Waals surface area (Å²) in [5.74, 6) is 0.366. The van der Waals surface area contributed by atoms with Crippen LogP contribution >= 0.6 is 15.9 Å². The van der Waals surface area contributed by atoms with Gasteiger partial charge < -0.3 is 9.47 Å². The van der Waals surface area contributed by atoms with Crippen LogP contribution in [0.1, 0.15) is 21.5 Å². The maximum absolute atomic E-state index is 12.7. The van der Waals surface area contributed by atoms with E-state index in [0.717, 1.165) is 18.2 Å². The zero-order valence-corrected chi connectivity index (χ0v) is 14.0. The Bertz CT molecular complexity index is 853. The van der Waals surface area contributed by atoms with Crippen molar-refractivity contribution in [2.24, 2.45) is 5.10 Å². The summed E-state index contributed by atoms with van der Waals surface area (Å²) >= 11 is 3.33. The average molecular weight is 415 g/mol. The van der Waals surface area contributed by atoms with E-state index >= 15 is 0 Å². The molecule has 2 aromatic rings. The Kier molecular flexibility index (Phi) is 4.67. The fraction of sp³-hybridized carbons (Fsp3) is 0.125. The van der Waals surface area contributed by atoms with Crippen LogP contribution in [0, 0.1) is 0 Å². The van der Waals surface area contributed by atoms with Gasteiger partial charge in [-0.2, -0.15) is 18.3 Å². The van der Waals surface area contributed by atoms with E-state index in [0.29, 0.717) is 21.5 Å². The lowest BCUT2D eigenvalue weighted by Crippen LogP contribution is -2.18. The Morgan fingerprint density at radius 3 is 2.64 bits per heavy atom. The molecule has 1 amide bonds. The van der Waals surface area contributed by atoms with Gasteiger partial charge in [0.2, 0.25) is 6.79 Å². The van der Waals surface area contributed by atoms with E-state index in [4.69, 9.17) is 9.47 Å². The third-order valence-electron chi connectivity index (χ3n) is 3.31. The second-order valence-corrected chi connectivity index (χ2v) is 5.86. The summed E-state index contributed by atoms with van der Waals surface area (Å²) < 4.78 is 49.1. The highest BCUT2D eigenvalue weighted by Gasteiger charge is 2.30. The highest BCUT2D eigenvalue weighted by molar-refractivity contribution is 9.10. The first-order valence-electron chi connectivity index (χ1n) is 6.94. The molecule has 0 aliphatic carbocycles. The van der Waals surface area contributed by atoms with Gasteiger partial charge in [-0.05, 0) is 46.3 Å². The molecule has 9 heteroatoms. The third kappa shape index (κ3) is 3.93. The van der Waals surface area contributed by atoms with Crippen LogP contribution in [-0.4, -0.2) is 18.9 Å². The molecule has 0 saturated heterocycles. The number of nitrogens with one attached hydrogen (secondary N) is 1. The molecule has 25 heavy (non-hydrogen) atoms. The minimum atomic E-state index is -4.52. The minimum Gasteiger partial charge on any atom is -0.454 e. The maximum Gasteiger partial charge on any atom is 0.416 e. The van der Waals surface area contributed by atoms with Crippen LogP contribution in [0.3, 0.4) is 0 Å². The van der Waals surface area contributed by atoms with Crippen molar-refractivity contribution in [1.29, 1.82) is 0 Å². The Morgan fingerprint density at radius 2 is 1.92 bits per heavy atom. The molecule has 1 aliphatic heterocycles. The van der Waals surface area contributed by atoms with Crippen LogP contribution in [0.5, 0.6) is 11.5 Å². The van der Waals surface area contributed by atoms with E-state index in [1.807, 2.05) is 0 Å². The molecule has 1 N–H and O–H groups in total. The molecule has 0 radical (unpaired) electrons. The number of nitrogens with zero attached hydrogens (tertiary/aromatic N) is 1. The average Bonchev–Trinajstić information content (AvgIpc) is 3.01. The molecular formula is C16H10BrF3N2O3. The molecule has 0 spiro atoms. The van der Waals surface area contributed by atoms with E-state index in [2.05, 4.69) is 26.5 Å². The molecular weight excluding hydrogens is 405 g/mol. The van der Waals surface area contributed by atoms with Crippen LogP contribution in [0.4, 0.5) is 13.2 Å². The van der Waals surface area contributed by atoms with Crippen molar-refractivity contribution >= 4 is 28.1 Å². The first kappa shape index (κ1) is 17.3. The first-order valence-corrected chi connectivity index (χ1v) is 7.74. The van der Waals surface area contributed by atoms with Crippen LogP contribution < -0.4 is 14.9 Å². The normalized spacial score (nSPS) is 13.3. The number of carbonyl (C=O) groups excluding carboxylic acids is 1. The highest BCUT2D eigenvalue weighted by atomic mass is 79.9. The van der Waals surface area contributed by atoms with Gasteiger partial charge in [0.1, 0.15) is 0 Å². The summed E-state index contributed by atoms with van der Waals surface area (Å²) in [5, 5.41) is 3.76. The molecule has 130 valence electrons. The summed E-state index contributed by atoms with van der Waals surface area (Å²) in [6.07, 6.45) is -3.17. The van der Waals surface area contributed by atoms with Crippen molar-refractivity contribution in [3.05, 3.63) is 57.6 Å². The smallest absolute Gasteiger partial charge is 0.416 e. The molecule has 5 nitrogen and oxygen atoms in total. The number of alkyl halides is 3. The van der Waals surface area contributed by atoms with Gasteiger partial charge in [-0.1, -0.05) is 6.07 Å². The number of benzene rings is 2. The number of hydrogen-bond acceptors (Lipinski definition) is 4. The van der Waals surface area contributed by atoms with Crippen LogP contribution in [0.2, 0.25) is 0 Å². The van der Waals surface area contributed by atoms with Gasteiger partial charge in [0.05, 0.1) is 11.8 Å². The van der Waals surface area contributed by atoms with Crippen molar-refractivity contribution in [2.45, 2.75) is 6.18 Å². The Labute approximate surface area is 148 Å². The predicted molar refractivity (Wildman–Crippen MR) is 86.8 cm³/mol. The number of carbonyl (C=O) groups is 1. The molecule has 0 aromatic heterocycles. The van der Waals surface area contributed by atoms with Crippen LogP contribution in [0.25, 0.3) is 0 Å². The third-order valence-corrected chi connectivity index (χ3v) is 4.00. The van der Waals surface area contributed by atoms with E-state index in [-0.39, 0.29) is 12.4 Å². The Balaban J connectivity index is 1.72. The van der Waals surface area contributed by atoms with E-state index in [9.17, 15) is 18.0 Å². The first-order chi connectivity index (χ1) is 11.8. The van der Waals surface area contributed by atoms with Gasteiger partial charge in [-0.3, -0.25) is 4.79 Å². The number of halogens is 4. The number of hydrazone groups is 1. The summed E-state index contributed by atoms with van der Waals surface area (Å²) in [4.78, 5) is 11.9. The monoisotopic (exact) mass is 414 g/mol. The van der Waals surface area contributed by atoms with Gasteiger partial charge in [0.15, 0.2) is 11.5 Å². The summed E-state index contributed by atoms with van der Waals surface area (Å²) in [6.45, 7) is 0.120. The molecule has 0 saturated carbocycles. The number of rotatable bonds is 3. The standard InChI is InChI=1S/C16H10BrF3N2O3/c17-12-6-14-13(24-8-25-14)5-10(12)7-21-22-15(23)9-2-1-3-11(4-9)16(18,19)20/h1-7H,8H2,(H,22,23)/b21-7+. The van der Waals surface area contributed by atoms with Gasteiger partial charge in [-0.25, -0.2) is 5.43 Å². The van der Waals surface area contributed by atoms with Crippen molar-refractivity contribution in [2.75, 3.05) is 6.79 Å². The predicted octanol–water partition coefficient (Wildman–Crippen LogP) is 3.96. The minimum absolute atomic E-state index is 0.120. The molecule has 1 heterocycles. The second-order valence-electron chi connectivity index (χ2n) is 5.00. The lowest BCUT2D eigenvalue weighted by molar-refractivity contribution is -0.137. The molecule has 0 unspecified atom stereocenters. The Morgan fingerprint density at radius 1 is 1.20 bits per heavy atom. The van der Waals surface area contributed by atoms with Gasteiger partial charge in [0, 0.05) is 15.6 Å². The van der Waals surface area contributed by atoms with E-state index < -0.39 is 17.6 Å². The highest BCUT2D eigenvalue weighted by Crippen LogP contribution is 2.36. The van der Waals surface area contributed by atoms with Crippen molar-refractivity contribution in [3.8, 4) is 11.5 Å². The summed E-state index contributed by atoms with van der Waals surface area (Å²) in [5.41, 5.74) is 1.75. The molecule has 0 atom stereocenters. The summed E-state index contributed by atoms with van der Waals surface area (Å²) in [6, 6.07) is 7.45. The van der Waals surface area contributed by atoms with Gasteiger partial charge in [0.25, 0.3) is 5.91 Å². The van der Waals surface area contributed by atoms with Crippen molar-refractivity contribution < 1.29 is 27.4 Å². The molecule has 2 aromatic carbocycles. The lowest BCUT2D eigenvalue weighted by atomic mass is 10.1. The second kappa shape index (κ2) is 6.75. The topological polar surface area (TPSA) is 59.9 Å². The maximum atomic E-state index is 12.7. The molecule has 3 rings (SSSR count). The fourth-order valence-corrected chi connectivity index (χ4v) is 2.52. The number of hydrogen-bond donors (Lipinski definition) is 1. The lowest BCUT2D eigenvalue weighted by Gasteiger charge is -2.07. The number of fused-ring (bicyclic) bond motifs is 1. The number of ether oxygens (including phenoxy) is 2. The summed E-state index contributed by atoms with van der Waals surface area (Å²) in [7, 11) is 0. The van der Waals surface area contributed by atoms with E-state index in [1.54, 1.807) is 12.1 Å². The largest absolute Gasteiger partial charge is 0.454 e. The van der Waals surface area contributed by atoms with E-state index in [1.165, 1.54) is 12.3 Å². The van der Waals surface area contributed by atoms with Crippen LogP contribution in [-0.2, 0) is 6.18 Å². The number of amides is 1. The molecule has 0 fully saturated rings. The zero-order chi connectivity index (χ0) is 18.0. The van der Waals surface area contributed by atoms with Crippen molar-refractivity contribution in [3.63, 3.8) is 0 Å². The van der Waals surface area contributed by atoms with Crippen LogP contribution in [0.15, 0.2) is 46.0 Å². The quantitative estimate of drug-likeness (QED) is 0.610. The molecule has 1 aliphatic rings. The van der Waals surface area contributed by atoms with Gasteiger partial charge in [-0.15, -0.1) is 0 Å². The SMILES string of the molecule is O=C(N/N=C/c1cc2c(cc1Br)OCO2)c1cccc(C(F)(F)F)c1. The fourth-order valence-electron chi connectivity index (χ4n) is 2.09.